The first-order valence-electron chi connectivity index (χ1n) is 4.33. The summed E-state index contributed by atoms with van der Waals surface area (Å²) >= 11 is 0. The van der Waals surface area contributed by atoms with Crippen molar-refractivity contribution in [2.75, 3.05) is 26.7 Å². The Balaban J connectivity index is 3.86. The maximum absolute atomic E-state index is 10.7. The molecule has 0 aliphatic heterocycles. The highest BCUT2D eigenvalue weighted by Crippen LogP contribution is 2.04. The van der Waals surface area contributed by atoms with E-state index in [0.717, 1.165) is 0 Å². The maximum Gasteiger partial charge on any atom is 0.507 e. The second-order valence-electron chi connectivity index (χ2n) is 3.65. The van der Waals surface area contributed by atoms with Gasteiger partial charge in [0.1, 0.15) is 8.07 Å². The van der Waals surface area contributed by atoms with Crippen molar-refractivity contribution >= 4 is 20.4 Å². The number of carbonyl (C=O) groups excluding carboxylic acids is 2. The molecule has 0 spiro atoms. The standard InChI is InChI=1S/C8H16O6Si/c1-11-7(9)13-5-15(3,4)6-14-8(10)12-2/h5-6H2,1-4H3. The molecule has 0 aromatic heterocycles. The molecular formula is C8H16O6Si. The molecule has 0 bridgehead atoms. The lowest BCUT2D eigenvalue weighted by Crippen LogP contribution is -2.40. The van der Waals surface area contributed by atoms with Crippen molar-refractivity contribution in [2.24, 2.45) is 0 Å². The molecule has 0 radical (unpaired) electrons. The Morgan fingerprint density at radius 3 is 1.53 bits per heavy atom. The van der Waals surface area contributed by atoms with E-state index in [1.165, 1.54) is 14.2 Å². The third kappa shape index (κ3) is 6.78. The fourth-order valence-corrected chi connectivity index (χ4v) is 1.77. The van der Waals surface area contributed by atoms with Gasteiger partial charge >= 0.3 is 12.3 Å². The molecule has 0 heterocycles. The lowest BCUT2D eigenvalue weighted by atomic mass is 11.3. The van der Waals surface area contributed by atoms with Gasteiger partial charge in [-0.1, -0.05) is 13.1 Å². The normalized spacial score (nSPS) is 10.4. The van der Waals surface area contributed by atoms with Gasteiger partial charge in [0.2, 0.25) is 0 Å². The minimum atomic E-state index is -1.91. The molecule has 0 aromatic rings. The molecule has 0 fully saturated rings. The molecular weight excluding hydrogens is 220 g/mol. The van der Waals surface area contributed by atoms with E-state index in [1.54, 1.807) is 0 Å². The van der Waals surface area contributed by atoms with Crippen LogP contribution >= 0.6 is 0 Å². The molecule has 0 amide bonds. The molecule has 0 rings (SSSR count). The van der Waals surface area contributed by atoms with Crippen molar-refractivity contribution < 1.29 is 28.5 Å². The number of hydrogen-bond acceptors (Lipinski definition) is 6. The van der Waals surface area contributed by atoms with Gasteiger partial charge in [0.05, 0.1) is 26.7 Å². The van der Waals surface area contributed by atoms with Crippen LogP contribution in [0.4, 0.5) is 9.59 Å². The van der Waals surface area contributed by atoms with Crippen LogP contribution in [0.1, 0.15) is 0 Å². The SMILES string of the molecule is COC(=O)OC[Si](C)(C)COC(=O)OC. The average Bonchev–Trinajstić information content (AvgIpc) is 2.22. The summed E-state index contributed by atoms with van der Waals surface area (Å²) in [4.78, 5) is 21.4. The van der Waals surface area contributed by atoms with Gasteiger partial charge in [-0.2, -0.15) is 0 Å². The van der Waals surface area contributed by atoms with Gasteiger partial charge in [0, 0.05) is 0 Å². The summed E-state index contributed by atoms with van der Waals surface area (Å²) in [5.41, 5.74) is 0. The van der Waals surface area contributed by atoms with Crippen LogP contribution in [0.2, 0.25) is 13.1 Å². The van der Waals surface area contributed by atoms with Crippen LogP contribution in [0.3, 0.4) is 0 Å². The number of carbonyl (C=O) groups is 2. The molecule has 0 N–H and O–H groups in total. The highest BCUT2D eigenvalue weighted by atomic mass is 28.3. The molecule has 0 aromatic carbocycles. The third-order valence-corrected chi connectivity index (χ3v) is 3.35. The van der Waals surface area contributed by atoms with Gasteiger partial charge in [0.25, 0.3) is 0 Å². The summed E-state index contributed by atoms with van der Waals surface area (Å²) in [6.07, 6.45) is -0.991. The maximum atomic E-state index is 10.7. The van der Waals surface area contributed by atoms with E-state index in [2.05, 4.69) is 9.47 Å². The number of hydrogen-bond donors (Lipinski definition) is 0. The lowest BCUT2D eigenvalue weighted by Gasteiger charge is -2.20. The van der Waals surface area contributed by atoms with Crippen LogP contribution in [0.25, 0.3) is 0 Å². The molecule has 6 nitrogen and oxygen atoms in total. The zero-order valence-electron chi connectivity index (χ0n) is 9.36. The van der Waals surface area contributed by atoms with E-state index in [-0.39, 0.29) is 12.5 Å². The Kier molecular flexibility index (Phi) is 5.76. The van der Waals surface area contributed by atoms with E-state index < -0.39 is 20.4 Å². The van der Waals surface area contributed by atoms with Crippen LogP contribution < -0.4 is 0 Å². The molecule has 0 atom stereocenters. The van der Waals surface area contributed by atoms with Crippen LogP contribution in [0, 0.1) is 0 Å². The molecule has 88 valence electrons. The van der Waals surface area contributed by atoms with Gasteiger partial charge in [0.15, 0.2) is 0 Å². The fourth-order valence-electron chi connectivity index (χ4n) is 0.668. The van der Waals surface area contributed by atoms with Crippen LogP contribution in [-0.2, 0) is 18.9 Å². The molecule has 0 saturated carbocycles. The fraction of sp³-hybridized carbons (Fsp3) is 0.750. The zero-order valence-corrected chi connectivity index (χ0v) is 10.4. The molecule has 0 unspecified atom stereocenters. The van der Waals surface area contributed by atoms with Gasteiger partial charge in [-0.3, -0.25) is 0 Å². The topological polar surface area (TPSA) is 71.1 Å². The summed E-state index contributed by atoms with van der Waals surface area (Å²) in [6.45, 7) is 3.83. The van der Waals surface area contributed by atoms with E-state index in [0.29, 0.717) is 0 Å². The summed E-state index contributed by atoms with van der Waals surface area (Å²) in [5.74, 6) is 0. The zero-order chi connectivity index (χ0) is 11.9. The van der Waals surface area contributed by atoms with Gasteiger partial charge in [-0.15, -0.1) is 0 Å². The summed E-state index contributed by atoms with van der Waals surface area (Å²) in [5, 5.41) is 0. The Hall–Kier alpha value is -1.24. The number of ether oxygens (including phenoxy) is 4. The van der Waals surface area contributed by atoms with Gasteiger partial charge in [-0.05, 0) is 0 Å². The van der Waals surface area contributed by atoms with E-state index in [9.17, 15) is 9.59 Å². The Morgan fingerprint density at radius 1 is 0.933 bits per heavy atom. The largest absolute Gasteiger partial charge is 0.507 e. The average molecular weight is 236 g/mol. The van der Waals surface area contributed by atoms with Crippen molar-refractivity contribution in [3.05, 3.63) is 0 Å². The second kappa shape index (κ2) is 6.28. The minimum absolute atomic E-state index is 0.233. The first-order chi connectivity index (χ1) is 6.91. The summed E-state index contributed by atoms with van der Waals surface area (Å²) in [7, 11) is 0.568. The molecule has 15 heavy (non-hydrogen) atoms. The molecule has 0 aliphatic rings. The number of methoxy groups -OCH3 is 2. The quantitative estimate of drug-likeness (QED) is 0.542. The van der Waals surface area contributed by atoms with Crippen LogP contribution in [-0.4, -0.2) is 47.1 Å². The lowest BCUT2D eigenvalue weighted by molar-refractivity contribution is 0.0780. The van der Waals surface area contributed by atoms with Crippen molar-refractivity contribution in [2.45, 2.75) is 13.1 Å². The molecule has 0 aliphatic carbocycles. The van der Waals surface area contributed by atoms with Crippen molar-refractivity contribution in [3.8, 4) is 0 Å². The van der Waals surface area contributed by atoms with Gasteiger partial charge < -0.3 is 18.9 Å². The Morgan fingerprint density at radius 2 is 1.27 bits per heavy atom. The molecule has 0 saturated heterocycles. The minimum Gasteiger partial charge on any atom is -0.438 e. The van der Waals surface area contributed by atoms with E-state index >= 15 is 0 Å². The monoisotopic (exact) mass is 236 g/mol. The highest BCUT2D eigenvalue weighted by molar-refractivity contribution is 6.77. The van der Waals surface area contributed by atoms with E-state index in [4.69, 9.17) is 9.47 Å². The Labute approximate surface area is 89.5 Å². The highest BCUT2D eigenvalue weighted by Gasteiger charge is 2.26. The number of rotatable bonds is 4. The summed E-state index contributed by atoms with van der Waals surface area (Å²) in [6, 6.07) is 0. The van der Waals surface area contributed by atoms with Gasteiger partial charge in [-0.25, -0.2) is 9.59 Å². The summed E-state index contributed by atoms with van der Waals surface area (Å²) < 4.78 is 18.2. The first-order valence-corrected chi connectivity index (χ1v) is 7.74. The Bertz CT molecular complexity index is 205. The predicted octanol–water partition coefficient (Wildman–Crippen LogP) is 1.34. The molecule has 7 heteroatoms. The van der Waals surface area contributed by atoms with Crippen LogP contribution in [0.5, 0.6) is 0 Å². The van der Waals surface area contributed by atoms with E-state index in [1.807, 2.05) is 13.1 Å². The van der Waals surface area contributed by atoms with Crippen molar-refractivity contribution in [3.63, 3.8) is 0 Å². The van der Waals surface area contributed by atoms with Crippen molar-refractivity contribution in [1.29, 1.82) is 0 Å². The van der Waals surface area contributed by atoms with Crippen LogP contribution in [0.15, 0.2) is 0 Å². The second-order valence-corrected chi connectivity index (χ2v) is 8.56. The predicted molar refractivity (Wildman–Crippen MR) is 54.2 cm³/mol. The third-order valence-electron chi connectivity index (χ3n) is 1.49. The smallest absolute Gasteiger partial charge is 0.438 e. The first kappa shape index (κ1) is 13.8. The van der Waals surface area contributed by atoms with Crippen molar-refractivity contribution in [1.82, 2.24) is 0 Å².